The lowest BCUT2D eigenvalue weighted by Gasteiger charge is -2.18. The van der Waals surface area contributed by atoms with Gasteiger partial charge in [-0.3, -0.25) is 0 Å². The van der Waals surface area contributed by atoms with Crippen molar-refractivity contribution >= 4 is 22.7 Å². The van der Waals surface area contributed by atoms with Crippen LogP contribution in [0.1, 0.15) is 11.5 Å². The van der Waals surface area contributed by atoms with E-state index >= 15 is 0 Å². The lowest BCUT2D eigenvalue weighted by Crippen LogP contribution is -2.18. The number of aromatic nitrogens is 2. The third kappa shape index (κ3) is 2.30. The van der Waals surface area contributed by atoms with Gasteiger partial charge in [0.05, 0.1) is 12.1 Å². The Morgan fingerprint density at radius 3 is 2.70 bits per heavy atom. The van der Waals surface area contributed by atoms with E-state index in [0.29, 0.717) is 6.54 Å². The van der Waals surface area contributed by atoms with Crippen LogP contribution in [0.5, 0.6) is 0 Å². The maximum Gasteiger partial charge on any atom is 0.222 e. The molecule has 0 saturated carbocycles. The van der Waals surface area contributed by atoms with Gasteiger partial charge in [-0.15, -0.1) is 0 Å². The number of rotatable bonds is 3. The van der Waals surface area contributed by atoms with Crippen LogP contribution >= 0.6 is 0 Å². The van der Waals surface area contributed by atoms with Gasteiger partial charge in [0.15, 0.2) is 0 Å². The molecule has 0 aliphatic carbocycles. The Balaban J connectivity index is 2.00. The van der Waals surface area contributed by atoms with Gasteiger partial charge in [0.2, 0.25) is 5.95 Å². The van der Waals surface area contributed by atoms with Gasteiger partial charge in [0, 0.05) is 12.4 Å². The van der Waals surface area contributed by atoms with E-state index in [-0.39, 0.29) is 5.95 Å². The Labute approximate surface area is 117 Å². The molecule has 0 fully saturated rings. The Kier molecular flexibility index (Phi) is 3.02. The van der Waals surface area contributed by atoms with Crippen molar-refractivity contribution in [3.8, 4) is 0 Å². The number of anilines is 2. The molecule has 1 aromatic carbocycles. The Morgan fingerprint density at radius 2 is 1.95 bits per heavy atom. The van der Waals surface area contributed by atoms with Crippen molar-refractivity contribution in [1.82, 2.24) is 9.97 Å². The topological polar surface area (TPSA) is 68.2 Å². The third-order valence-electron chi connectivity index (χ3n) is 3.15. The first kappa shape index (κ1) is 12.5. The lowest BCUT2D eigenvalue weighted by atomic mass is 10.2. The van der Waals surface area contributed by atoms with Crippen LogP contribution in [0.2, 0.25) is 0 Å². The number of hydrogen-bond acceptors (Lipinski definition) is 5. The third-order valence-corrected chi connectivity index (χ3v) is 3.15. The van der Waals surface area contributed by atoms with Crippen molar-refractivity contribution in [3.63, 3.8) is 0 Å². The summed E-state index contributed by atoms with van der Waals surface area (Å²) in [4.78, 5) is 10.6. The zero-order valence-electron chi connectivity index (χ0n) is 11.5. The van der Waals surface area contributed by atoms with Crippen molar-refractivity contribution in [1.29, 1.82) is 0 Å². The molecular formula is C15H16N4O. The van der Waals surface area contributed by atoms with Gasteiger partial charge >= 0.3 is 0 Å². The molecule has 0 radical (unpaired) electrons. The maximum absolute atomic E-state index is 5.79. The molecule has 2 N–H and O–H groups in total. The minimum absolute atomic E-state index is 0.279. The molecule has 0 unspecified atom stereocenters. The van der Waals surface area contributed by atoms with Crippen LogP contribution in [0.15, 0.2) is 40.8 Å². The SMILES string of the molecule is Cc1ccc(CN(C)c2nc(N)nc3ccccc23)o1. The second kappa shape index (κ2) is 4.85. The van der Waals surface area contributed by atoms with Gasteiger partial charge in [-0.25, -0.2) is 4.98 Å². The number of furan rings is 1. The number of nitrogens with two attached hydrogens (primary N) is 1. The molecule has 2 heterocycles. The van der Waals surface area contributed by atoms with E-state index in [0.717, 1.165) is 28.2 Å². The molecule has 0 atom stereocenters. The lowest BCUT2D eigenvalue weighted by molar-refractivity contribution is 0.481. The van der Waals surface area contributed by atoms with Crippen LogP contribution in [0.3, 0.4) is 0 Å². The first-order valence-electron chi connectivity index (χ1n) is 6.42. The highest BCUT2D eigenvalue weighted by atomic mass is 16.3. The summed E-state index contributed by atoms with van der Waals surface area (Å²) in [6, 6.07) is 11.8. The normalized spacial score (nSPS) is 10.9. The largest absolute Gasteiger partial charge is 0.464 e. The zero-order chi connectivity index (χ0) is 14.1. The van der Waals surface area contributed by atoms with E-state index in [1.165, 1.54) is 0 Å². The number of fused-ring (bicyclic) bond motifs is 1. The minimum Gasteiger partial charge on any atom is -0.464 e. The van der Waals surface area contributed by atoms with Crippen molar-refractivity contribution in [3.05, 3.63) is 47.9 Å². The Bertz CT molecular complexity index is 750. The first-order valence-corrected chi connectivity index (χ1v) is 6.42. The van der Waals surface area contributed by atoms with E-state index in [4.69, 9.17) is 10.2 Å². The van der Waals surface area contributed by atoms with Crippen LogP contribution in [0, 0.1) is 6.92 Å². The average Bonchev–Trinajstić information content (AvgIpc) is 2.83. The highest BCUT2D eigenvalue weighted by molar-refractivity contribution is 5.90. The number of para-hydroxylation sites is 1. The quantitative estimate of drug-likeness (QED) is 0.791. The van der Waals surface area contributed by atoms with Crippen molar-refractivity contribution < 1.29 is 4.42 Å². The molecule has 2 aromatic heterocycles. The van der Waals surface area contributed by atoms with Gasteiger partial charge in [0.1, 0.15) is 17.3 Å². The maximum atomic E-state index is 5.79. The van der Waals surface area contributed by atoms with Gasteiger partial charge in [-0.2, -0.15) is 4.98 Å². The zero-order valence-corrected chi connectivity index (χ0v) is 11.5. The number of aryl methyl sites for hydroxylation is 1. The molecule has 0 aliphatic heterocycles. The molecule has 3 aromatic rings. The summed E-state index contributed by atoms with van der Waals surface area (Å²) < 4.78 is 5.60. The molecule has 3 rings (SSSR count). The summed E-state index contributed by atoms with van der Waals surface area (Å²) in [7, 11) is 1.96. The number of benzene rings is 1. The minimum atomic E-state index is 0.279. The van der Waals surface area contributed by atoms with E-state index in [2.05, 4.69) is 9.97 Å². The average molecular weight is 268 g/mol. The summed E-state index contributed by atoms with van der Waals surface area (Å²) in [6.45, 7) is 2.57. The summed E-state index contributed by atoms with van der Waals surface area (Å²) in [5.74, 6) is 2.88. The van der Waals surface area contributed by atoms with Crippen LogP contribution in [-0.2, 0) is 6.54 Å². The predicted octanol–water partition coefficient (Wildman–Crippen LogP) is 2.75. The number of hydrogen-bond donors (Lipinski definition) is 1. The van der Waals surface area contributed by atoms with Gasteiger partial charge in [-0.1, -0.05) is 12.1 Å². The molecular weight excluding hydrogens is 252 g/mol. The molecule has 0 bridgehead atoms. The summed E-state index contributed by atoms with van der Waals surface area (Å²) in [6.07, 6.45) is 0. The van der Waals surface area contributed by atoms with E-state index < -0.39 is 0 Å². The fourth-order valence-corrected chi connectivity index (χ4v) is 2.25. The van der Waals surface area contributed by atoms with E-state index in [1.54, 1.807) is 0 Å². The molecule has 102 valence electrons. The molecule has 0 saturated heterocycles. The second-order valence-electron chi connectivity index (χ2n) is 4.79. The predicted molar refractivity (Wildman–Crippen MR) is 79.5 cm³/mol. The van der Waals surface area contributed by atoms with Gasteiger partial charge in [-0.05, 0) is 31.2 Å². The molecule has 5 nitrogen and oxygen atoms in total. The van der Waals surface area contributed by atoms with Gasteiger partial charge in [0.25, 0.3) is 0 Å². The standard InChI is InChI=1S/C15H16N4O/c1-10-7-8-11(20-10)9-19(2)14-12-5-3-4-6-13(12)17-15(16)18-14/h3-8H,9H2,1-2H3,(H2,16,17,18). The first-order chi connectivity index (χ1) is 9.63. The van der Waals surface area contributed by atoms with Crippen LogP contribution in [-0.4, -0.2) is 17.0 Å². The monoisotopic (exact) mass is 268 g/mol. The second-order valence-corrected chi connectivity index (χ2v) is 4.79. The summed E-state index contributed by atoms with van der Waals surface area (Å²) >= 11 is 0. The number of nitrogens with zero attached hydrogens (tertiary/aromatic N) is 3. The molecule has 0 aliphatic rings. The number of nitrogen functional groups attached to an aromatic ring is 1. The molecule has 0 amide bonds. The van der Waals surface area contributed by atoms with Crippen LogP contribution < -0.4 is 10.6 Å². The summed E-state index contributed by atoms with van der Waals surface area (Å²) in [5.41, 5.74) is 6.63. The highest BCUT2D eigenvalue weighted by Gasteiger charge is 2.12. The van der Waals surface area contributed by atoms with Crippen LogP contribution in [0.25, 0.3) is 10.9 Å². The van der Waals surface area contributed by atoms with E-state index in [9.17, 15) is 0 Å². The van der Waals surface area contributed by atoms with Crippen molar-refractivity contribution in [2.45, 2.75) is 13.5 Å². The summed E-state index contributed by atoms with van der Waals surface area (Å²) in [5, 5.41) is 0.979. The Hall–Kier alpha value is -2.56. The van der Waals surface area contributed by atoms with E-state index in [1.807, 2.05) is 55.3 Å². The molecule has 20 heavy (non-hydrogen) atoms. The molecule has 0 spiro atoms. The smallest absolute Gasteiger partial charge is 0.222 e. The highest BCUT2D eigenvalue weighted by Crippen LogP contribution is 2.25. The van der Waals surface area contributed by atoms with Crippen molar-refractivity contribution in [2.75, 3.05) is 17.7 Å². The fourth-order valence-electron chi connectivity index (χ4n) is 2.25. The fraction of sp³-hybridized carbons (Fsp3) is 0.200. The Morgan fingerprint density at radius 1 is 1.15 bits per heavy atom. The van der Waals surface area contributed by atoms with Crippen LogP contribution in [0.4, 0.5) is 11.8 Å². The van der Waals surface area contributed by atoms with Crippen molar-refractivity contribution in [2.24, 2.45) is 0 Å². The van der Waals surface area contributed by atoms with Gasteiger partial charge < -0.3 is 15.1 Å². The molecule has 5 heteroatoms.